The second-order valence-electron chi connectivity index (χ2n) is 4.63. The molecule has 1 aliphatic heterocycles. The number of likely N-dealkylation sites (N-methyl/N-ethyl adjacent to an activating group) is 1. The van der Waals surface area contributed by atoms with E-state index in [0.717, 1.165) is 26.2 Å². The van der Waals surface area contributed by atoms with Gasteiger partial charge >= 0.3 is 0 Å². The minimum Gasteiger partial charge on any atom is -0.396 e. The molecule has 1 amide bonds. The Bertz CT molecular complexity index is 229. The number of aliphatic hydroxyl groups excluding tert-OH is 1. The molecule has 2 atom stereocenters. The molecule has 1 N–H and O–H groups in total. The number of carbonyl (C=O) groups is 1. The molecule has 0 saturated carbocycles. The van der Waals surface area contributed by atoms with Gasteiger partial charge in [-0.05, 0) is 20.0 Å². The lowest BCUT2D eigenvalue weighted by atomic mass is 10.1. The highest BCUT2D eigenvalue weighted by Crippen LogP contribution is 2.19. The molecule has 1 heterocycles. The van der Waals surface area contributed by atoms with Crippen LogP contribution < -0.4 is 0 Å². The van der Waals surface area contributed by atoms with Crippen LogP contribution in [0.5, 0.6) is 0 Å². The average Bonchev–Trinajstić information content (AvgIpc) is 2.67. The van der Waals surface area contributed by atoms with Crippen LogP contribution in [-0.4, -0.2) is 59.6 Å². The fourth-order valence-electron chi connectivity index (χ4n) is 2.31. The Labute approximate surface area is 98.2 Å². The fourth-order valence-corrected chi connectivity index (χ4v) is 2.31. The molecule has 0 spiro atoms. The van der Waals surface area contributed by atoms with Crippen molar-refractivity contribution in [3.8, 4) is 0 Å². The number of nitrogens with zero attached hydrogens (tertiary/aromatic N) is 2. The first-order valence-corrected chi connectivity index (χ1v) is 6.25. The number of hydrogen-bond donors (Lipinski definition) is 1. The van der Waals surface area contributed by atoms with Crippen molar-refractivity contribution in [3.63, 3.8) is 0 Å². The van der Waals surface area contributed by atoms with E-state index in [-0.39, 0.29) is 24.5 Å². The molecular weight excluding hydrogens is 204 g/mol. The lowest BCUT2D eigenvalue weighted by Crippen LogP contribution is -2.43. The first kappa shape index (κ1) is 13.5. The Morgan fingerprint density at radius 1 is 1.50 bits per heavy atom. The van der Waals surface area contributed by atoms with E-state index in [1.165, 1.54) is 0 Å². The Morgan fingerprint density at radius 3 is 2.56 bits per heavy atom. The van der Waals surface area contributed by atoms with Crippen LogP contribution in [0, 0.1) is 5.92 Å². The largest absolute Gasteiger partial charge is 0.396 e. The summed E-state index contributed by atoms with van der Waals surface area (Å²) in [4.78, 5) is 16.0. The third-order valence-corrected chi connectivity index (χ3v) is 3.45. The molecule has 0 aliphatic carbocycles. The number of rotatable bonds is 6. The third kappa shape index (κ3) is 3.19. The normalized spacial score (nSPS) is 23.2. The smallest absolute Gasteiger partial charge is 0.223 e. The molecule has 4 nitrogen and oxygen atoms in total. The van der Waals surface area contributed by atoms with Crippen molar-refractivity contribution >= 4 is 5.91 Å². The van der Waals surface area contributed by atoms with Gasteiger partial charge in [-0.2, -0.15) is 0 Å². The lowest BCUT2D eigenvalue weighted by molar-refractivity contribution is -0.129. The summed E-state index contributed by atoms with van der Waals surface area (Å²) in [5.74, 6) is 0.338. The molecule has 1 saturated heterocycles. The molecule has 1 aliphatic rings. The summed E-state index contributed by atoms with van der Waals surface area (Å²) >= 11 is 0. The highest BCUT2D eigenvalue weighted by Gasteiger charge is 2.32. The van der Waals surface area contributed by atoms with E-state index >= 15 is 0 Å². The van der Waals surface area contributed by atoms with E-state index in [1.807, 2.05) is 4.90 Å². The number of likely N-dealkylation sites (tertiary alicyclic amines) is 1. The van der Waals surface area contributed by atoms with Gasteiger partial charge in [0.2, 0.25) is 5.91 Å². The van der Waals surface area contributed by atoms with Crippen LogP contribution in [0.3, 0.4) is 0 Å². The molecular formula is C12H24N2O2. The van der Waals surface area contributed by atoms with Crippen LogP contribution in [0.4, 0.5) is 0 Å². The predicted molar refractivity (Wildman–Crippen MR) is 64.2 cm³/mol. The van der Waals surface area contributed by atoms with Gasteiger partial charge in [0, 0.05) is 38.1 Å². The van der Waals surface area contributed by atoms with Crippen molar-refractivity contribution in [1.82, 2.24) is 9.80 Å². The minimum absolute atomic E-state index is 0.125. The zero-order chi connectivity index (χ0) is 12.1. The second-order valence-corrected chi connectivity index (χ2v) is 4.63. The van der Waals surface area contributed by atoms with Crippen molar-refractivity contribution in [3.05, 3.63) is 0 Å². The Balaban J connectivity index is 2.47. The van der Waals surface area contributed by atoms with Gasteiger partial charge in [0.25, 0.3) is 0 Å². The summed E-state index contributed by atoms with van der Waals surface area (Å²) in [6.45, 7) is 10.2. The van der Waals surface area contributed by atoms with Crippen molar-refractivity contribution in [2.24, 2.45) is 5.92 Å². The molecule has 1 fully saturated rings. The molecule has 0 aromatic heterocycles. The number of aliphatic hydroxyl groups is 1. The molecule has 0 radical (unpaired) electrons. The zero-order valence-corrected chi connectivity index (χ0v) is 10.6. The molecule has 16 heavy (non-hydrogen) atoms. The van der Waals surface area contributed by atoms with Crippen LogP contribution in [0.25, 0.3) is 0 Å². The van der Waals surface area contributed by atoms with E-state index in [4.69, 9.17) is 5.11 Å². The van der Waals surface area contributed by atoms with E-state index < -0.39 is 0 Å². The van der Waals surface area contributed by atoms with Crippen LogP contribution in [-0.2, 0) is 4.79 Å². The van der Waals surface area contributed by atoms with E-state index in [0.29, 0.717) is 6.42 Å². The maximum atomic E-state index is 11.7. The number of hydrogen-bond acceptors (Lipinski definition) is 3. The van der Waals surface area contributed by atoms with Crippen molar-refractivity contribution in [2.45, 2.75) is 33.2 Å². The molecule has 1 rings (SSSR count). The van der Waals surface area contributed by atoms with Gasteiger partial charge in [0.1, 0.15) is 0 Å². The van der Waals surface area contributed by atoms with Crippen molar-refractivity contribution in [1.29, 1.82) is 0 Å². The quantitative estimate of drug-likeness (QED) is 0.722. The van der Waals surface area contributed by atoms with Gasteiger partial charge in [-0.1, -0.05) is 13.8 Å². The Hall–Kier alpha value is -0.610. The average molecular weight is 228 g/mol. The molecule has 94 valence electrons. The number of carbonyl (C=O) groups excluding carboxylic acids is 1. The Morgan fingerprint density at radius 2 is 2.12 bits per heavy atom. The standard InChI is InChI=1S/C12H24N2O2/c1-4-13(5-2)7-10(3)14-8-11(9-15)6-12(14)16/h10-11,15H,4-9H2,1-3H3. The highest BCUT2D eigenvalue weighted by molar-refractivity contribution is 5.79. The predicted octanol–water partition coefficient (Wildman–Crippen LogP) is 0.557. The van der Waals surface area contributed by atoms with Crippen LogP contribution >= 0.6 is 0 Å². The molecule has 0 bridgehead atoms. The third-order valence-electron chi connectivity index (χ3n) is 3.45. The molecule has 4 heteroatoms. The first-order chi connectivity index (χ1) is 7.62. The van der Waals surface area contributed by atoms with E-state index in [2.05, 4.69) is 25.7 Å². The monoisotopic (exact) mass is 228 g/mol. The topological polar surface area (TPSA) is 43.8 Å². The maximum absolute atomic E-state index is 11.7. The highest BCUT2D eigenvalue weighted by atomic mass is 16.3. The van der Waals surface area contributed by atoms with Gasteiger partial charge in [0.15, 0.2) is 0 Å². The van der Waals surface area contributed by atoms with Crippen molar-refractivity contribution < 1.29 is 9.90 Å². The van der Waals surface area contributed by atoms with Crippen LogP contribution in [0.2, 0.25) is 0 Å². The van der Waals surface area contributed by atoms with E-state index in [9.17, 15) is 4.79 Å². The molecule has 2 unspecified atom stereocenters. The fraction of sp³-hybridized carbons (Fsp3) is 0.917. The number of amides is 1. The lowest BCUT2D eigenvalue weighted by Gasteiger charge is -2.29. The van der Waals surface area contributed by atoms with Crippen LogP contribution in [0.1, 0.15) is 27.2 Å². The van der Waals surface area contributed by atoms with Crippen molar-refractivity contribution in [2.75, 3.05) is 32.8 Å². The minimum atomic E-state index is 0.125. The maximum Gasteiger partial charge on any atom is 0.223 e. The van der Waals surface area contributed by atoms with Gasteiger partial charge in [-0.25, -0.2) is 0 Å². The summed E-state index contributed by atoms with van der Waals surface area (Å²) in [6, 6.07) is 0.254. The van der Waals surface area contributed by atoms with Gasteiger partial charge < -0.3 is 14.9 Å². The first-order valence-electron chi connectivity index (χ1n) is 6.25. The van der Waals surface area contributed by atoms with Gasteiger partial charge in [-0.3, -0.25) is 4.79 Å². The zero-order valence-electron chi connectivity index (χ0n) is 10.6. The molecule has 0 aromatic rings. The van der Waals surface area contributed by atoms with E-state index in [1.54, 1.807) is 0 Å². The summed E-state index contributed by atoms with van der Waals surface area (Å²) in [6.07, 6.45) is 0.513. The van der Waals surface area contributed by atoms with Gasteiger partial charge in [0.05, 0.1) is 0 Å². The summed E-state index contributed by atoms with van der Waals surface area (Å²) in [5.41, 5.74) is 0. The summed E-state index contributed by atoms with van der Waals surface area (Å²) in [7, 11) is 0. The van der Waals surface area contributed by atoms with Crippen LogP contribution in [0.15, 0.2) is 0 Å². The second kappa shape index (κ2) is 6.21. The Kier molecular flexibility index (Phi) is 5.22. The molecule has 0 aromatic carbocycles. The SMILES string of the molecule is CCN(CC)CC(C)N1CC(CO)CC1=O. The summed E-state index contributed by atoms with van der Waals surface area (Å²) in [5, 5.41) is 9.07. The van der Waals surface area contributed by atoms with Gasteiger partial charge in [-0.15, -0.1) is 0 Å². The summed E-state index contributed by atoms with van der Waals surface area (Å²) < 4.78 is 0.